The molecule has 0 fully saturated rings. The van der Waals surface area contributed by atoms with Gasteiger partial charge < -0.3 is 0 Å². The molecule has 0 atom stereocenters. The van der Waals surface area contributed by atoms with Gasteiger partial charge in [-0.25, -0.2) is 0 Å². The van der Waals surface area contributed by atoms with E-state index in [9.17, 15) is 0 Å². The van der Waals surface area contributed by atoms with E-state index in [0.29, 0.717) is 5.92 Å². The minimum atomic E-state index is 0.361. The van der Waals surface area contributed by atoms with Crippen molar-refractivity contribution in [2.45, 2.75) is 19.8 Å². The van der Waals surface area contributed by atoms with Crippen LogP contribution in [0.1, 0.15) is 28.2 Å². The Morgan fingerprint density at radius 3 is 1.76 bits per heavy atom. The molecule has 3 rings (SSSR count). The van der Waals surface area contributed by atoms with E-state index in [1.807, 2.05) is 0 Å². The second-order valence-electron chi connectivity index (χ2n) is 4.89. The summed E-state index contributed by atoms with van der Waals surface area (Å²) in [4.78, 5) is 0. The van der Waals surface area contributed by atoms with Gasteiger partial charge in [0.2, 0.25) is 0 Å². The van der Waals surface area contributed by atoms with Gasteiger partial charge in [0.15, 0.2) is 0 Å². The van der Waals surface area contributed by atoms with Crippen LogP contribution in [-0.4, -0.2) is 13.5 Å². The Bertz CT molecular complexity index is 559. The van der Waals surface area contributed by atoms with Crippen molar-refractivity contribution in [3.63, 3.8) is 0 Å². The van der Waals surface area contributed by atoms with Crippen LogP contribution in [0.3, 0.4) is 0 Å². The standard InChI is InChI=1S/C16H15B/c1-10-3-5-12-13-6-4-11(2)8-15(13)16(9-17)14(12)7-10/h3-9,16-17H,1-2H3. The number of aryl methyl sites for hydroxylation is 2. The molecule has 1 aliphatic rings. The van der Waals surface area contributed by atoms with E-state index in [1.54, 1.807) is 0 Å². The molecule has 0 unspecified atom stereocenters. The Labute approximate surface area is 103 Å². The minimum absolute atomic E-state index is 0.361. The van der Waals surface area contributed by atoms with Gasteiger partial charge in [-0.15, -0.1) is 0 Å². The summed E-state index contributed by atoms with van der Waals surface area (Å²) in [7, 11) is 4.00. The van der Waals surface area contributed by atoms with E-state index < -0.39 is 0 Å². The molecule has 82 valence electrons. The average molecular weight is 218 g/mol. The van der Waals surface area contributed by atoms with Gasteiger partial charge in [-0.1, -0.05) is 0 Å². The molecule has 0 aliphatic heterocycles. The molecular formula is C16H15B. The SMILES string of the molecule is B=CC1c2cc(C)ccc2-c2ccc(C)cc21. The first-order valence-electron chi connectivity index (χ1n) is 6.04. The second-order valence-corrected chi connectivity index (χ2v) is 4.89. The Morgan fingerprint density at radius 1 is 0.882 bits per heavy atom. The molecule has 0 saturated heterocycles. The first-order chi connectivity index (χ1) is 8.20. The molecule has 0 amide bonds. The van der Waals surface area contributed by atoms with Gasteiger partial charge in [-0.2, -0.15) is 0 Å². The third kappa shape index (κ3) is 1.49. The van der Waals surface area contributed by atoms with E-state index in [4.69, 9.17) is 0 Å². The third-order valence-corrected chi connectivity index (χ3v) is 3.61. The summed E-state index contributed by atoms with van der Waals surface area (Å²) in [5, 5.41) is 0. The summed E-state index contributed by atoms with van der Waals surface area (Å²) in [6.45, 7) is 4.29. The molecule has 17 heavy (non-hydrogen) atoms. The van der Waals surface area contributed by atoms with Crippen LogP contribution in [-0.2, 0) is 0 Å². The maximum atomic E-state index is 4.00. The Hall–Kier alpha value is -1.63. The number of hydrogen-bond acceptors (Lipinski definition) is 0. The van der Waals surface area contributed by atoms with E-state index in [-0.39, 0.29) is 0 Å². The predicted octanol–water partition coefficient (Wildman–Crippen LogP) is 3.12. The van der Waals surface area contributed by atoms with E-state index in [1.165, 1.54) is 33.4 Å². The van der Waals surface area contributed by atoms with E-state index >= 15 is 0 Å². The van der Waals surface area contributed by atoms with Crippen molar-refractivity contribution < 1.29 is 0 Å². The van der Waals surface area contributed by atoms with Crippen LogP contribution < -0.4 is 0 Å². The van der Waals surface area contributed by atoms with Crippen LogP contribution in [0.25, 0.3) is 11.1 Å². The maximum absolute atomic E-state index is 4.00. The summed E-state index contributed by atoms with van der Waals surface area (Å²) < 4.78 is 0. The van der Waals surface area contributed by atoms with Crippen molar-refractivity contribution >= 4 is 13.5 Å². The zero-order chi connectivity index (χ0) is 12.0. The Kier molecular flexibility index (Phi) is 2.29. The molecule has 2 aromatic carbocycles. The molecule has 0 saturated carbocycles. The van der Waals surface area contributed by atoms with Gasteiger partial charge in [-0.3, -0.25) is 0 Å². The molecule has 2 aromatic rings. The quantitative estimate of drug-likeness (QED) is 0.645. The fourth-order valence-corrected chi connectivity index (χ4v) is 2.79. The normalized spacial score (nSPS) is 13.2. The molecule has 1 aliphatic carbocycles. The first kappa shape index (κ1) is 10.5. The molecule has 0 N–H and O–H groups in total. The van der Waals surface area contributed by atoms with E-state index in [0.717, 1.165) is 0 Å². The molecule has 1 heteroatoms. The Morgan fingerprint density at radius 2 is 1.35 bits per heavy atom. The number of hydrogen-bond donors (Lipinski definition) is 0. The van der Waals surface area contributed by atoms with Crippen molar-refractivity contribution in [1.82, 2.24) is 0 Å². The third-order valence-electron chi connectivity index (χ3n) is 3.61. The second kappa shape index (κ2) is 3.70. The summed E-state index contributed by atoms with van der Waals surface area (Å²) in [5.41, 5.74) is 8.19. The summed E-state index contributed by atoms with van der Waals surface area (Å²) in [6.07, 6.45) is 0. The zero-order valence-electron chi connectivity index (χ0n) is 10.3. The van der Waals surface area contributed by atoms with Crippen molar-refractivity contribution in [3.05, 3.63) is 58.7 Å². The van der Waals surface area contributed by atoms with Crippen LogP contribution in [0, 0.1) is 13.8 Å². The van der Waals surface area contributed by atoms with Crippen molar-refractivity contribution in [1.29, 1.82) is 0 Å². The predicted molar refractivity (Wildman–Crippen MR) is 76.4 cm³/mol. The molecule has 0 bridgehead atoms. The van der Waals surface area contributed by atoms with Gasteiger partial charge in [0.1, 0.15) is 0 Å². The molecule has 0 heterocycles. The van der Waals surface area contributed by atoms with Crippen molar-refractivity contribution in [2.24, 2.45) is 0 Å². The monoisotopic (exact) mass is 218 g/mol. The molecule has 0 aromatic heterocycles. The van der Waals surface area contributed by atoms with Crippen LogP contribution in [0.5, 0.6) is 0 Å². The number of fused-ring (bicyclic) bond motifs is 3. The van der Waals surface area contributed by atoms with Crippen LogP contribution in [0.4, 0.5) is 0 Å². The summed E-state index contributed by atoms with van der Waals surface area (Å²) >= 11 is 0. The fourth-order valence-electron chi connectivity index (χ4n) is 2.79. The number of benzene rings is 2. The summed E-state index contributed by atoms with van der Waals surface area (Å²) in [6, 6.07) is 13.4. The first-order valence-corrected chi connectivity index (χ1v) is 6.04. The molecule has 0 nitrogen and oxygen atoms in total. The zero-order valence-corrected chi connectivity index (χ0v) is 10.3. The number of rotatable bonds is 1. The topological polar surface area (TPSA) is 0 Å². The average Bonchev–Trinajstić information content (AvgIpc) is 2.60. The van der Waals surface area contributed by atoms with Gasteiger partial charge in [0, 0.05) is 0 Å². The Balaban J connectivity index is 2.32. The van der Waals surface area contributed by atoms with Crippen molar-refractivity contribution in [2.75, 3.05) is 0 Å². The fraction of sp³-hybridized carbons (Fsp3) is 0.188. The molecular weight excluding hydrogens is 203 g/mol. The van der Waals surface area contributed by atoms with Gasteiger partial charge in [-0.05, 0) is 0 Å². The van der Waals surface area contributed by atoms with Crippen LogP contribution in [0.15, 0.2) is 36.4 Å². The molecule has 0 spiro atoms. The van der Waals surface area contributed by atoms with Gasteiger partial charge in [0.05, 0.1) is 0 Å². The van der Waals surface area contributed by atoms with Crippen LogP contribution >= 0.6 is 0 Å². The summed E-state index contributed by atoms with van der Waals surface area (Å²) in [5.74, 6) is 2.42. The molecule has 0 radical (unpaired) electrons. The van der Waals surface area contributed by atoms with Gasteiger partial charge in [0.25, 0.3) is 0 Å². The van der Waals surface area contributed by atoms with Crippen molar-refractivity contribution in [3.8, 4) is 11.1 Å². The van der Waals surface area contributed by atoms with E-state index in [2.05, 4.69) is 63.7 Å². The van der Waals surface area contributed by atoms with Gasteiger partial charge >= 0.3 is 103 Å². The van der Waals surface area contributed by atoms with Crippen LogP contribution in [0.2, 0.25) is 0 Å².